The van der Waals surface area contributed by atoms with Crippen molar-refractivity contribution < 1.29 is 0 Å². The second-order valence-corrected chi connectivity index (χ2v) is 7.31. The molecule has 1 aliphatic heterocycles. The van der Waals surface area contributed by atoms with Gasteiger partial charge in [0.15, 0.2) is 0 Å². The van der Waals surface area contributed by atoms with Crippen LogP contribution in [0, 0.1) is 6.92 Å². The van der Waals surface area contributed by atoms with Crippen molar-refractivity contribution in [3.63, 3.8) is 0 Å². The highest BCUT2D eigenvalue weighted by molar-refractivity contribution is 5.82. The highest BCUT2D eigenvalue weighted by atomic mass is 15.1. The number of likely N-dealkylation sites (tertiary alicyclic amines) is 1. The van der Waals surface area contributed by atoms with Gasteiger partial charge in [-0.3, -0.25) is 14.3 Å². The third-order valence-corrected chi connectivity index (χ3v) is 5.71. The van der Waals surface area contributed by atoms with Crippen molar-refractivity contribution in [3.8, 4) is 0 Å². The summed E-state index contributed by atoms with van der Waals surface area (Å²) in [6, 6.07) is 8.56. The Morgan fingerprint density at radius 1 is 1.12 bits per heavy atom. The predicted molar refractivity (Wildman–Crippen MR) is 103 cm³/mol. The lowest BCUT2D eigenvalue weighted by Crippen LogP contribution is -2.33. The number of hydrogen-bond donors (Lipinski definition) is 1. The van der Waals surface area contributed by atoms with Gasteiger partial charge in [0, 0.05) is 41.5 Å². The van der Waals surface area contributed by atoms with Crippen molar-refractivity contribution >= 4 is 16.4 Å². The van der Waals surface area contributed by atoms with E-state index < -0.39 is 0 Å². The number of hydrogen-bond acceptors (Lipinski definition) is 3. The standard InChI is InChI=1S/C21H23N5/c1-15-23-12-18-11-22-13-21(26(15)18)16-6-8-25(9-7-16)14-17-10-24-20-5-3-2-4-19(17)20/h2-5,10-13,16,24H,6-9,14H2,1H3. The van der Waals surface area contributed by atoms with Crippen LogP contribution in [0.15, 0.2) is 49.1 Å². The average Bonchev–Trinajstić information content (AvgIpc) is 3.27. The summed E-state index contributed by atoms with van der Waals surface area (Å²) in [6.45, 7) is 5.33. The lowest BCUT2D eigenvalue weighted by Gasteiger charge is -2.32. The molecular formula is C21H23N5. The topological polar surface area (TPSA) is 49.2 Å². The van der Waals surface area contributed by atoms with Crippen LogP contribution in [0.4, 0.5) is 0 Å². The van der Waals surface area contributed by atoms with E-state index in [0.29, 0.717) is 5.92 Å². The molecule has 0 amide bonds. The predicted octanol–water partition coefficient (Wildman–Crippen LogP) is 3.90. The molecular weight excluding hydrogens is 322 g/mol. The fourth-order valence-corrected chi connectivity index (χ4v) is 4.31. The number of aromatic amines is 1. The number of rotatable bonds is 3. The fraction of sp³-hybridized carbons (Fsp3) is 0.333. The molecule has 0 spiro atoms. The van der Waals surface area contributed by atoms with Crippen molar-refractivity contribution in [2.75, 3.05) is 13.1 Å². The van der Waals surface area contributed by atoms with Gasteiger partial charge in [0.05, 0.1) is 17.9 Å². The van der Waals surface area contributed by atoms with Crippen LogP contribution in [0.5, 0.6) is 0 Å². The van der Waals surface area contributed by atoms with E-state index in [1.54, 1.807) is 0 Å². The summed E-state index contributed by atoms with van der Waals surface area (Å²) in [5.41, 5.74) is 5.03. The molecule has 4 heterocycles. The largest absolute Gasteiger partial charge is 0.361 e. The minimum atomic E-state index is 0.554. The monoisotopic (exact) mass is 345 g/mol. The van der Waals surface area contributed by atoms with Crippen LogP contribution in [0.2, 0.25) is 0 Å². The van der Waals surface area contributed by atoms with Gasteiger partial charge in [0.25, 0.3) is 0 Å². The molecule has 1 aromatic carbocycles. The molecule has 26 heavy (non-hydrogen) atoms. The Labute approximate surface area is 152 Å². The van der Waals surface area contributed by atoms with E-state index in [2.05, 4.69) is 61.6 Å². The molecule has 1 N–H and O–H groups in total. The minimum absolute atomic E-state index is 0.554. The van der Waals surface area contributed by atoms with Gasteiger partial charge in [-0.2, -0.15) is 0 Å². The summed E-state index contributed by atoms with van der Waals surface area (Å²) in [5.74, 6) is 1.61. The van der Waals surface area contributed by atoms with Crippen LogP contribution < -0.4 is 0 Å². The van der Waals surface area contributed by atoms with Crippen molar-refractivity contribution in [3.05, 3.63) is 66.1 Å². The van der Waals surface area contributed by atoms with Gasteiger partial charge in [-0.05, 0) is 44.5 Å². The Bertz CT molecular complexity index is 1050. The van der Waals surface area contributed by atoms with E-state index in [-0.39, 0.29) is 0 Å². The molecule has 0 atom stereocenters. The minimum Gasteiger partial charge on any atom is -0.361 e. The van der Waals surface area contributed by atoms with Crippen molar-refractivity contribution in [1.29, 1.82) is 0 Å². The number of benzene rings is 1. The lowest BCUT2D eigenvalue weighted by molar-refractivity contribution is 0.203. The maximum atomic E-state index is 4.45. The van der Waals surface area contributed by atoms with Crippen LogP contribution in [0.3, 0.4) is 0 Å². The van der Waals surface area contributed by atoms with E-state index in [4.69, 9.17) is 0 Å². The molecule has 5 heteroatoms. The number of nitrogens with zero attached hydrogens (tertiary/aromatic N) is 4. The van der Waals surface area contributed by atoms with Gasteiger partial charge in [-0.25, -0.2) is 4.98 Å². The van der Waals surface area contributed by atoms with Crippen molar-refractivity contribution in [2.45, 2.75) is 32.2 Å². The Morgan fingerprint density at radius 3 is 2.85 bits per heavy atom. The second-order valence-electron chi connectivity index (χ2n) is 7.31. The zero-order valence-corrected chi connectivity index (χ0v) is 15.0. The molecule has 1 aliphatic rings. The van der Waals surface area contributed by atoms with Gasteiger partial charge in [-0.15, -0.1) is 0 Å². The fourth-order valence-electron chi connectivity index (χ4n) is 4.31. The van der Waals surface area contributed by atoms with E-state index in [0.717, 1.165) is 31.0 Å². The molecule has 0 bridgehead atoms. The van der Waals surface area contributed by atoms with Gasteiger partial charge >= 0.3 is 0 Å². The maximum Gasteiger partial charge on any atom is 0.110 e. The van der Waals surface area contributed by atoms with Crippen LogP contribution in [-0.4, -0.2) is 37.3 Å². The van der Waals surface area contributed by atoms with E-state index in [1.807, 2.05) is 18.6 Å². The molecule has 5 nitrogen and oxygen atoms in total. The third-order valence-electron chi connectivity index (χ3n) is 5.71. The Kier molecular flexibility index (Phi) is 3.75. The summed E-state index contributed by atoms with van der Waals surface area (Å²) in [6.07, 6.45) is 10.3. The smallest absolute Gasteiger partial charge is 0.110 e. The lowest BCUT2D eigenvalue weighted by atomic mass is 9.93. The van der Waals surface area contributed by atoms with E-state index in [9.17, 15) is 0 Å². The molecule has 5 rings (SSSR count). The number of imidazole rings is 1. The third kappa shape index (κ3) is 2.59. The molecule has 0 unspecified atom stereocenters. The molecule has 0 aliphatic carbocycles. The zero-order valence-electron chi connectivity index (χ0n) is 15.0. The number of nitrogens with one attached hydrogen (secondary N) is 1. The van der Waals surface area contributed by atoms with Crippen LogP contribution in [0.1, 0.15) is 35.8 Å². The van der Waals surface area contributed by atoms with Gasteiger partial charge in [-0.1, -0.05) is 18.2 Å². The normalized spacial score (nSPS) is 16.7. The zero-order chi connectivity index (χ0) is 17.5. The van der Waals surface area contributed by atoms with Gasteiger partial charge in [0.1, 0.15) is 5.82 Å². The molecule has 1 saturated heterocycles. The second kappa shape index (κ2) is 6.25. The Balaban J connectivity index is 1.32. The van der Waals surface area contributed by atoms with Crippen LogP contribution in [-0.2, 0) is 6.54 Å². The molecule has 0 saturated carbocycles. The van der Waals surface area contributed by atoms with Crippen molar-refractivity contribution in [2.24, 2.45) is 0 Å². The first-order valence-corrected chi connectivity index (χ1v) is 9.35. The molecule has 1 fully saturated rings. The number of H-pyrrole nitrogens is 1. The maximum absolute atomic E-state index is 4.45. The van der Waals surface area contributed by atoms with Crippen LogP contribution in [0.25, 0.3) is 16.4 Å². The van der Waals surface area contributed by atoms with Crippen LogP contribution >= 0.6 is 0 Å². The first kappa shape index (κ1) is 15.6. The number of aromatic nitrogens is 4. The Morgan fingerprint density at radius 2 is 1.96 bits per heavy atom. The average molecular weight is 345 g/mol. The number of para-hydroxylation sites is 1. The summed E-state index contributed by atoms with van der Waals surface area (Å²) >= 11 is 0. The van der Waals surface area contributed by atoms with Crippen molar-refractivity contribution in [1.82, 2.24) is 24.3 Å². The highest BCUT2D eigenvalue weighted by Crippen LogP contribution is 2.30. The first-order valence-electron chi connectivity index (χ1n) is 9.35. The van der Waals surface area contributed by atoms with E-state index >= 15 is 0 Å². The van der Waals surface area contributed by atoms with Gasteiger partial charge in [0.2, 0.25) is 0 Å². The first-order chi connectivity index (χ1) is 12.8. The number of fused-ring (bicyclic) bond motifs is 2. The summed E-state index contributed by atoms with van der Waals surface area (Å²) < 4.78 is 2.27. The molecule has 3 aromatic heterocycles. The summed E-state index contributed by atoms with van der Waals surface area (Å²) in [4.78, 5) is 14.9. The quantitative estimate of drug-likeness (QED) is 0.613. The summed E-state index contributed by atoms with van der Waals surface area (Å²) in [7, 11) is 0. The Hall–Kier alpha value is -2.66. The van der Waals surface area contributed by atoms with E-state index in [1.165, 1.54) is 35.0 Å². The van der Waals surface area contributed by atoms with Gasteiger partial charge < -0.3 is 4.98 Å². The molecule has 4 aromatic rings. The molecule has 0 radical (unpaired) electrons. The SMILES string of the molecule is Cc1ncc2cncc(C3CCN(Cc4c[nH]c5ccccc45)CC3)n12. The number of aryl methyl sites for hydroxylation is 1. The number of piperidine rings is 1. The molecule has 132 valence electrons. The summed E-state index contributed by atoms with van der Waals surface area (Å²) in [5, 5.41) is 1.35. The highest BCUT2D eigenvalue weighted by Gasteiger charge is 2.23.